The van der Waals surface area contributed by atoms with E-state index in [-0.39, 0.29) is 4.75 Å². The molecule has 1 rings (SSSR count). The highest BCUT2D eigenvalue weighted by atomic mass is 32.2. The molecule has 17 heavy (non-hydrogen) atoms. The quantitative estimate of drug-likeness (QED) is 0.335. The third-order valence-electron chi connectivity index (χ3n) is 1.61. The lowest BCUT2D eigenvalue weighted by atomic mass is 10.3. The molecule has 0 aliphatic carbocycles. The molecule has 4 heteroatoms. The third kappa shape index (κ3) is 6.50. The molecule has 0 saturated carbocycles. The number of thioether (sulfide) groups is 1. The van der Waals surface area contributed by atoms with Gasteiger partial charge >= 0.3 is 0 Å². The Labute approximate surface area is 110 Å². The number of hydrogen-bond donors (Lipinski definition) is 0. The number of nitrogens with zero attached hydrogens (tertiary/aromatic N) is 2. The van der Waals surface area contributed by atoms with Crippen LogP contribution in [0.2, 0.25) is 19.6 Å². The Bertz CT molecular complexity index is 430. The van der Waals surface area contributed by atoms with Crippen LogP contribution in [0, 0.1) is 11.5 Å². The summed E-state index contributed by atoms with van der Waals surface area (Å²) in [5.74, 6) is 3.15. The van der Waals surface area contributed by atoms with E-state index < -0.39 is 8.07 Å². The van der Waals surface area contributed by atoms with E-state index >= 15 is 0 Å². The summed E-state index contributed by atoms with van der Waals surface area (Å²) >= 11 is 1.67. The molecule has 1 aromatic heterocycles. The van der Waals surface area contributed by atoms with Gasteiger partial charge in [-0.15, -0.1) is 5.54 Å². The SMILES string of the molecule is CC(C)(C)Sc1ncc(C#C[Si](C)(C)C)cn1. The monoisotopic (exact) mass is 264 g/mol. The lowest BCUT2D eigenvalue weighted by Crippen LogP contribution is -2.16. The smallest absolute Gasteiger partial charge is 0.188 e. The Morgan fingerprint density at radius 3 is 2.06 bits per heavy atom. The second-order valence-electron chi connectivity index (χ2n) is 5.97. The standard InChI is InChI=1S/C13H20N2SSi/c1-13(2,3)16-12-14-9-11(10-15-12)7-8-17(4,5)6/h9-10H,1-6H3. The van der Waals surface area contributed by atoms with Crippen molar-refractivity contribution in [2.24, 2.45) is 0 Å². The van der Waals surface area contributed by atoms with E-state index in [0.717, 1.165) is 10.7 Å². The summed E-state index contributed by atoms with van der Waals surface area (Å²) in [5.41, 5.74) is 4.22. The molecular formula is C13H20N2SSi. The van der Waals surface area contributed by atoms with E-state index in [1.54, 1.807) is 11.8 Å². The van der Waals surface area contributed by atoms with E-state index in [1.807, 2.05) is 12.4 Å². The Morgan fingerprint density at radius 1 is 1.12 bits per heavy atom. The van der Waals surface area contributed by atoms with E-state index in [0.29, 0.717) is 0 Å². The Morgan fingerprint density at radius 2 is 1.65 bits per heavy atom. The molecule has 0 unspecified atom stereocenters. The van der Waals surface area contributed by atoms with Gasteiger partial charge in [0.2, 0.25) is 0 Å². The molecule has 0 bridgehead atoms. The predicted molar refractivity (Wildman–Crippen MR) is 77.9 cm³/mol. The largest absolute Gasteiger partial charge is 0.230 e. The van der Waals surface area contributed by atoms with Gasteiger partial charge in [-0.3, -0.25) is 0 Å². The van der Waals surface area contributed by atoms with Gasteiger partial charge in [0.15, 0.2) is 5.16 Å². The van der Waals surface area contributed by atoms with Crippen LogP contribution >= 0.6 is 11.8 Å². The summed E-state index contributed by atoms with van der Waals surface area (Å²) < 4.78 is 0.144. The summed E-state index contributed by atoms with van der Waals surface area (Å²) in [7, 11) is -1.31. The van der Waals surface area contributed by atoms with Gasteiger partial charge in [-0.05, 0) is 0 Å². The fourth-order valence-electron chi connectivity index (χ4n) is 0.967. The summed E-state index contributed by atoms with van der Waals surface area (Å²) in [6.45, 7) is 13.1. The Hall–Kier alpha value is -0.793. The van der Waals surface area contributed by atoms with Crippen LogP contribution in [-0.2, 0) is 0 Å². The molecule has 1 aromatic rings. The number of aromatic nitrogens is 2. The van der Waals surface area contributed by atoms with Crippen molar-refractivity contribution in [2.45, 2.75) is 50.3 Å². The zero-order valence-electron chi connectivity index (χ0n) is 11.5. The molecule has 2 nitrogen and oxygen atoms in total. The van der Waals surface area contributed by atoms with Gasteiger partial charge in [0.05, 0.1) is 5.56 Å². The maximum absolute atomic E-state index is 4.33. The van der Waals surface area contributed by atoms with Crippen molar-refractivity contribution in [3.8, 4) is 11.5 Å². The first-order valence-corrected chi connectivity index (χ1v) is 10.0. The molecule has 0 aliphatic heterocycles. The van der Waals surface area contributed by atoms with Crippen LogP contribution in [0.4, 0.5) is 0 Å². The van der Waals surface area contributed by atoms with Crippen LogP contribution in [0.25, 0.3) is 0 Å². The lowest BCUT2D eigenvalue weighted by Gasteiger charge is -2.15. The van der Waals surface area contributed by atoms with Crippen molar-refractivity contribution in [3.63, 3.8) is 0 Å². The van der Waals surface area contributed by atoms with Gasteiger partial charge in [-0.2, -0.15) is 0 Å². The first kappa shape index (κ1) is 14.3. The minimum Gasteiger partial charge on any atom is -0.230 e. The summed E-state index contributed by atoms with van der Waals surface area (Å²) in [4.78, 5) is 8.66. The zero-order valence-corrected chi connectivity index (χ0v) is 13.3. The topological polar surface area (TPSA) is 25.8 Å². The maximum Gasteiger partial charge on any atom is 0.188 e. The predicted octanol–water partition coefficient (Wildman–Crippen LogP) is 3.60. The summed E-state index contributed by atoms with van der Waals surface area (Å²) in [5, 5.41) is 0.816. The summed E-state index contributed by atoms with van der Waals surface area (Å²) in [6, 6.07) is 0. The highest BCUT2D eigenvalue weighted by Gasteiger charge is 2.13. The highest BCUT2D eigenvalue weighted by Crippen LogP contribution is 2.28. The molecule has 0 amide bonds. The van der Waals surface area contributed by atoms with Crippen LogP contribution in [0.15, 0.2) is 17.6 Å². The van der Waals surface area contributed by atoms with Crippen molar-refractivity contribution < 1.29 is 0 Å². The number of rotatable bonds is 1. The molecular weight excluding hydrogens is 244 g/mol. The second-order valence-corrected chi connectivity index (χ2v) is 12.5. The Kier molecular flexibility index (Phi) is 4.40. The van der Waals surface area contributed by atoms with Crippen LogP contribution in [0.1, 0.15) is 26.3 Å². The van der Waals surface area contributed by atoms with E-state index in [2.05, 4.69) is 61.8 Å². The van der Waals surface area contributed by atoms with Crippen LogP contribution < -0.4 is 0 Å². The molecule has 0 radical (unpaired) electrons. The van der Waals surface area contributed by atoms with Gasteiger partial charge in [0, 0.05) is 17.1 Å². The molecule has 0 spiro atoms. The molecule has 0 atom stereocenters. The molecule has 1 heterocycles. The fraction of sp³-hybridized carbons (Fsp3) is 0.538. The van der Waals surface area contributed by atoms with Gasteiger partial charge in [-0.1, -0.05) is 58.1 Å². The zero-order chi connectivity index (χ0) is 13.1. The van der Waals surface area contributed by atoms with Crippen molar-refractivity contribution in [1.29, 1.82) is 0 Å². The minimum absolute atomic E-state index is 0.144. The van der Waals surface area contributed by atoms with E-state index in [4.69, 9.17) is 0 Å². The van der Waals surface area contributed by atoms with E-state index in [9.17, 15) is 0 Å². The van der Waals surface area contributed by atoms with Crippen molar-refractivity contribution in [3.05, 3.63) is 18.0 Å². The molecule has 0 N–H and O–H groups in total. The highest BCUT2D eigenvalue weighted by molar-refractivity contribution is 8.00. The maximum atomic E-state index is 4.33. The molecule has 0 aromatic carbocycles. The van der Waals surface area contributed by atoms with Crippen molar-refractivity contribution in [2.75, 3.05) is 0 Å². The van der Waals surface area contributed by atoms with Crippen LogP contribution in [0.5, 0.6) is 0 Å². The average molecular weight is 264 g/mol. The Balaban J connectivity index is 2.78. The lowest BCUT2D eigenvalue weighted by molar-refractivity contribution is 0.791. The normalized spacial score (nSPS) is 11.9. The van der Waals surface area contributed by atoms with Gasteiger partial charge < -0.3 is 0 Å². The molecule has 0 saturated heterocycles. The number of hydrogen-bond acceptors (Lipinski definition) is 3. The van der Waals surface area contributed by atoms with Crippen molar-refractivity contribution in [1.82, 2.24) is 9.97 Å². The first-order valence-electron chi connectivity index (χ1n) is 5.70. The third-order valence-corrected chi connectivity index (χ3v) is 3.49. The first-order chi connectivity index (χ1) is 7.66. The fourth-order valence-corrected chi connectivity index (χ4v) is 2.24. The average Bonchev–Trinajstić information content (AvgIpc) is 2.13. The van der Waals surface area contributed by atoms with Gasteiger partial charge in [0.1, 0.15) is 8.07 Å². The molecule has 92 valence electrons. The summed E-state index contributed by atoms with van der Waals surface area (Å²) in [6.07, 6.45) is 3.63. The van der Waals surface area contributed by atoms with Gasteiger partial charge in [-0.25, -0.2) is 9.97 Å². The molecule has 0 aliphatic rings. The van der Waals surface area contributed by atoms with Gasteiger partial charge in [0.25, 0.3) is 0 Å². The molecule has 0 fully saturated rings. The van der Waals surface area contributed by atoms with Crippen LogP contribution in [-0.4, -0.2) is 22.8 Å². The van der Waals surface area contributed by atoms with Crippen molar-refractivity contribution >= 4 is 19.8 Å². The van der Waals surface area contributed by atoms with E-state index in [1.165, 1.54) is 0 Å². The second kappa shape index (κ2) is 5.24. The van der Waals surface area contributed by atoms with Crippen LogP contribution in [0.3, 0.4) is 0 Å². The minimum atomic E-state index is -1.31.